The van der Waals surface area contributed by atoms with Crippen LogP contribution in [-0.4, -0.2) is 20.5 Å². The maximum atomic E-state index is 10.9. The number of hydrogen-bond donors (Lipinski definition) is 0. The first-order valence-corrected chi connectivity index (χ1v) is 7.28. The van der Waals surface area contributed by atoms with E-state index < -0.39 is 0 Å². The Morgan fingerprint density at radius 2 is 2.00 bits per heavy atom. The number of aromatic nitrogens is 3. The fourth-order valence-corrected chi connectivity index (χ4v) is 2.37. The van der Waals surface area contributed by atoms with Gasteiger partial charge in [-0.15, -0.1) is 0 Å². The maximum Gasteiger partial charge on any atom is 0.308 e. The van der Waals surface area contributed by atoms with Gasteiger partial charge in [-0.2, -0.15) is 0 Å². The number of esters is 1. The highest BCUT2D eigenvalue weighted by Crippen LogP contribution is 2.22. The minimum Gasteiger partial charge on any atom is -0.427 e. The molecule has 0 saturated heterocycles. The molecule has 1 aromatic carbocycles. The van der Waals surface area contributed by atoms with Crippen molar-refractivity contribution in [1.29, 1.82) is 0 Å². The molecule has 22 heavy (non-hydrogen) atoms. The summed E-state index contributed by atoms with van der Waals surface area (Å²) >= 11 is 0. The first-order chi connectivity index (χ1) is 10.7. The average molecular weight is 295 g/mol. The molecule has 0 unspecified atom stereocenters. The predicted octanol–water partition coefficient (Wildman–Crippen LogP) is 3.43. The topological polar surface area (TPSA) is 57.0 Å². The van der Waals surface area contributed by atoms with Gasteiger partial charge in [0.1, 0.15) is 11.4 Å². The molecule has 2 aromatic heterocycles. The summed E-state index contributed by atoms with van der Waals surface area (Å²) in [6, 6.07) is 9.22. The van der Waals surface area contributed by atoms with Gasteiger partial charge < -0.3 is 9.30 Å². The summed E-state index contributed by atoms with van der Waals surface area (Å²) in [6.07, 6.45) is 4.93. The van der Waals surface area contributed by atoms with E-state index in [1.807, 2.05) is 30.6 Å². The first kappa shape index (κ1) is 14.3. The van der Waals surface area contributed by atoms with E-state index in [1.54, 1.807) is 12.1 Å². The maximum absolute atomic E-state index is 10.9. The van der Waals surface area contributed by atoms with Crippen molar-refractivity contribution in [2.45, 2.75) is 26.8 Å². The summed E-state index contributed by atoms with van der Waals surface area (Å²) < 4.78 is 7.16. The minimum absolute atomic E-state index is 0.331. The number of carbonyl (C=O) groups excluding carboxylic acids is 1. The van der Waals surface area contributed by atoms with E-state index in [4.69, 9.17) is 4.74 Å². The Bertz CT molecular complexity index is 806. The second kappa shape index (κ2) is 5.97. The second-order valence-electron chi connectivity index (χ2n) is 5.10. The predicted molar refractivity (Wildman–Crippen MR) is 84.6 cm³/mol. The van der Waals surface area contributed by atoms with Crippen molar-refractivity contribution in [3.63, 3.8) is 0 Å². The number of carbonyl (C=O) groups is 1. The molecule has 2 heterocycles. The van der Waals surface area contributed by atoms with Gasteiger partial charge >= 0.3 is 5.97 Å². The van der Waals surface area contributed by atoms with Gasteiger partial charge in [-0.1, -0.05) is 6.92 Å². The molecule has 3 aromatic rings. The van der Waals surface area contributed by atoms with Gasteiger partial charge in [0.25, 0.3) is 0 Å². The summed E-state index contributed by atoms with van der Waals surface area (Å²) in [6.45, 7) is 4.46. The highest BCUT2D eigenvalue weighted by atomic mass is 16.5. The summed E-state index contributed by atoms with van der Waals surface area (Å²) in [5, 5.41) is 1.04. The van der Waals surface area contributed by atoms with Crippen LogP contribution in [0.2, 0.25) is 0 Å². The molecule has 0 radical (unpaired) electrons. The molecule has 0 N–H and O–H groups in total. The van der Waals surface area contributed by atoms with Crippen LogP contribution in [0.4, 0.5) is 0 Å². The summed E-state index contributed by atoms with van der Waals surface area (Å²) in [5.74, 6) is 0.854. The molecule has 0 bridgehead atoms. The van der Waals surface area contributed by atoms with Gasteiger partial charge in [-0.05, 0) is 36.8 Å². The Balaban J connectivity index is 1.95. The largest absolute Gasteiger partial charge is 0.427 e. The SMILES string of the molecule is CCCn1ccc2cnc(-c3ccc(OC(C)=O)cc3)nc21. The van der Waals surface area contributed by atoms with Crippen molar-refractivity contribution in [2.24, 2.45) is 0 Å². The standard InChI is InChI=1S/C17H17N3O2/c1-3-9-20-10-8-14-11-18-16(19-17(14)20)13-4-6-15(7-5-13)22-12(2)21/h4-8,10-11H,3,9H2,1-2H3. The zero-order chi connectivity index (χ0) is 15.5. The Labute approximate surface area is 128 Å². The monoisotopic (exact) mass is 295 g/mol. The van der Waals surface area contributed by atoms with Gasteiger partial charge in [-0.25, -0.2) is 9.97 Å². The van der Waals surface area contributed by atoms with Crippen LogP contribution in [0.5, 0.6) is 5.75 Å². The Kier molecular flexibility index (Phi) is 3.87. The highest BCUT2D eigenvalue weighted by Gasteiger charge is 2.07. The normalized spacial score (nSPS) is 10.8. The molecule has 3 rings (SSSR count). The Morgan fingerprint density at radius 1 is 1.23 bits per heavy atom. The van der Waals surface area contributed by atoms with Crippen LogP contribution in [0.15, 0.2) is 42.7 Å². The molecule has 0 fully saturated rings. The van der Waals surface area contributed by atoms with E-state index >= 15 is 0 Å². The van der Waals surface area contributed by atoms with Crippen molar-refractivity contribution < 1.29 is 9.53 Å². The van der Waals surface area contributed by atoms with Crippen LogP contribution in [0.25, 0.3) is 22.4 Å². The molecule has 0 saturated carbocycles. The van der Waals surface area contributed by atoms with Gasteiger partial charge in [0.15, 0.2) is 5.82 Å². The molecule has 5 nitrogen and oxygen atoms in total. The fraction of sp³-hybridized carbons (Fsp3) is 0.235. The number of fused-ring (bicyclic) bond motifs is 1. The van der Waals surface area contributed by atoms with Crippen molar-refractivity contribution in [3.05, 3.63) is 42.7 Å². The van der Waals surface area contributed by atoms with E-state index in [1.165, 1.54) is 6.92 Å². The van der Waals surface area contributed by atoms with Crippen LogP contribution < -0.4 is 4.74 Å². The smallest absolute Gasteiger partial charge is 0.308 e. The lowest BCUT2D eigenvalue weighted by atomic mass is 10.2. The lowest BCUT2D eigenvalue weighted by Crippen LogP contribution is -2.01. The van der Waals surface area contributed by atoms with Crippen LogP contribution in [0, 0.1) is 0 Å². The van der Waals surface area contributed by atoms with Crippen molar-refractivity contribution in [3.8, 4) is 17.1 Å². The molecular formula is C17H17N3O2. The van der Waals surface area contributed by atoms with Crippen LogP contribution in [0.3, 0.4) is 0 Å². The summed E-state index contributed by atoms with van der Waals surface area (Å²) in [7, 11) is 0. The Morgan fingerprint density at radius 3 is 2.68 bits per heavy atom. The van der Waals surface area contributed by atoms with Crippen LogP contribution in [0.1, 0.15) is 20.3 Å². The first-order valence-electron chi connectivity index (χ1n) is 7.28. The van der Waals surface area contributed by atoms with E-state index in [9.17, 15) is 4.79 Å². The van der Waals surface area contributed by atoms with Gasteiger partial charge in [0, 0.05) is 36.8 Å². The number of nitrogens with zero attached hydrogens (tertiary/aromatic N) is 3. The lowest BCUT2D eigenvalue weighted by Gasteiger charge is -2.05. The number of ether oxygens (including phenoxy) is 1. The quantitative estimate of drug-likeness (QED) is 0.546. The Hall–Kier alpha value is -2.69. The molecule has 0 aliphatic heterocycles. The third-order valence-corrected chi connectivity index (χ3v) is 3.34. The zero-order valence-corrected chi connectivity index (χ0v) is 12.6. The second-order valence-corrected chi connectivity index (χ2v) is 5.10. The van der Waals surface area contributed by atoms with Crippen molar-refractivity contribution in [2.75, 3.05) is 0 Å². The lowest BCUT2D eigenvalue weighted by molar-refractivity contribution is -0.131. The van der Waals surface area contributed by atoms with Crippen LogP contribution >= 0.6 is 0 Å². The van der Waals surface area contributed by atoms with E-state index in [0.717, 1.165) is 29.6 Å². The average Bonchev–Trinajstić information content (AvgIpc) is 2.90. The number of benzene rings is 1. The number of aryl methyl sites for hydroxylation is 1. The molecule has 0 atom stereocenters. The van der Waals surface area contributed by atoms with E-state index in [-0.39, 0.29) is 5.97 Å². The number of rotatable bonds is 4. The van der Waals surface area contributed by atoms with Crippen molar-refractivity contribution in [1.82, 2.24) is 14.5 Å². The van der Waals surface area contributed by atoms with Crippen molar-refractivity contribution >= 4 is 17.0 Å². The van der Waals surface area contributed by atoms with E-state index in [2.05, 4.69) is 21.5 Å². The molecule has 112 valence electrons. The molecule has 0 amide bonds. The summed E-state index contributed by atoms with van der Waals surface area (Å²) in [4.78, 5) is 20.0. The van der Waals surface area contributed by atoms with Gasteiger partial charge in [0.05, 0.1) is 0 Å². The third-order valence-electron chi connectivity index (χ3n) is 3.34. The zero-order valence-electron chi connectivity index (χ0n) is 12.6. The van der Waals surface area contributed by atoms with E-state index in [0.29, 0.717) is 11.6 Å². The minimum atomic E-state index is -0.331. The van der Waals surface area contributed by atoms with Gasteiger partial charge in [-0.3, -0.25) is 4.79 Å². The third kappa shape index (κ3) is 2.83. The highest BCUT2D eigenvalue weighted by molar-refractivity contribution is 5.77. The molecule has 0 aliphatic rings. The van der Waals surface area contributed by atoms with Gasteiger partial charge in [0.2, 0.25) is 0 Å². The molecule has 0 aliphatic carbocycles. The van der Waals surface area contributed by atoms with Crippen LogP contribution in [-0.2, 0) is 11.3 Å². The molecular weight excluding hydrogens is 278 g/mol. The molecule has 0 spiro atoms. The number of hydrogen-bond acceptors (Lipinski definition) is 4. The fourth-order valence-electron chi connectivity index (χ4n) is 2.37. The summed E-state index contributed by atoms with van der Waals surface area (Å²) in [5.41, 5.74) is 1.83. The molecule has 5 heteroatoms.